The Bertz CT molecular complexity index is 490. The highest BCUT2D eigenvalue weighted by atomic mass is 32.2. The average molecular weight is 333 g/mol. The average Bonchev–Trinajstić information content (AvgIpc) is 2.83. The van der Waals surface area contributed by atoms with Crippen molar-refractivity contribution in [3.63, 3.8) is 0 Å². The molecule has 0 radical (unpaired) electrons. The molecule has 1 aliphatic heterocycles. The maximum absolute atomic E-state index is 12.0. The van der Waals surface area contributed by atoms with Gasteiger partial charge in [0.25, 0.3) is 0 Å². The van der Waals surface area contributed by atoms with Crippen molar-refractivity contribution < 1.29 is 18.0 Å². The number of likely N-dealkylation sites (tertiary alicyclic amines) is 1. The Hall–Kier alpha value is -1.15. The second kappa shape index (κ2) is 8.47. The quantitative estimate of drug-likeness (QED) is 0.584. The summed E-state index contributed by atoms with van der Waals surface area (Å²) in [4.78, 5) is 25.4. The van der Waals surface area contributed by atoms with Crippen LogP contribution in [0.3, 0.4) is 0 Å². The maximum Gasteiger partial charge on any atom is 0.225 e. The number of hydrogen-bond acceptors (Lipinski definition) is 4. The molecule has 1 rings (SSSR count). The number of amides is 2. The molecule has 1 aliphatic rings. The molecule has 0 aromatic carbocycles. The summed E-state index contributed by atoms with van der Waals surface area (Å²) in [5.41, 5.74) is 0. The minimum Gasteiger partial charge on any atom is -0.354 e. The van der Waals surface area contributed by atoms with Crippen molar-refractivity contribution in [1.29, 1.82) is 0 Å². The number of rotatable bonds is 9. The van der Waals surface area contributed by atoms with Gasteiger partial charge < -0.3 is 10.2 Å². The Balaban J connectivity index is 2.29. The molecule has 1 heterocycles. The van der Waals surface area contributed by atoms with E-state index >= 15 is 0 Å². The van der Waals surface area contributed by atoms with Crippen LogP contribution in [0.4, 0.5) is 0 Å². The van der Waals surface area contributed by atoms with E-state index in [1.165, 1.54) is 0 Å². The van der Waals surface area contributed by atoms with E-state index in [1.807, 2.05) is 20.8 Å². The van der Waals surface area contributed by atoms with Crippen molar-refractivity contribution in [2.24, 2.45) is 5.92 Å². The molecule has 1 unspecified atom stereocenters. The maximum atomic E-state index is 12.0. The Labute approximate surface area is 132 Å². The summed E-state index contributed by atoms with van der Waals surface area (Å²) >= 11 is 0. The van der Waals surface area contributed by atoms with E-state index in [0.29, 0.717) is 13.0 Å². The molecule has 8 heteroatoms. The van der Waals surface area contributed by atoms with E-state index in [2.05, 4.69) is 10.0 Å². The number of nitrogens with one attached hydrogen (secondary N) is 2. The van der Waals surface area contributed by atoms with Gasteiger partial charge in [-0.1, -0.05) is 13.3 Å². The van der Waals surface area contributed by atoms with Gasteiger partial charge in [-0.05, 0) is 20.3 Å². The summed E-state index contributed by atoms with van der Waals surface area (Å²) < 4.78 is 25.6. The molecule has 0 spiro atoms. The first-order chi connectivity index (χ1) is 10.3. The zero-order valence-corrected chi connectivity index (χ0v) is 14.4. The van der Waals surface area contributed by atoms with Gasteiger partial charge in [-0.3, -0.25) is 9.59 Å². The molecular weight excluding hydrogens is 306 g/mol. The molecule has 7 nitrogen and oxygen atoms in total. The van der Waals surface area contributed by atoms with Crippen molar-refractivity contribution in [2.75, 3.05) is 25.4 Å². The predicted octanol–water partition coefficient (Wildman–Crippen LogP) is 0.0790. The summed E-state index contributed by atoms with van der Waals surface area (Å²) in [5.74, 6) is -0.427. The molecule has 22 heavy (non-hydrogen) atoms. The minimum atomic E-state index is -3.25. The first-order valence-corrected chi connectivity index (χ1v) is 9.46. The summed E-state index contributed by atoms with van der Waals surface area (Å²) in [7, 11) is -3.25. The number of unbranched alkanes of at least 4 members (excludes halogenated alkanes) is 1. The molecule has 2 N–H and O–H groups in total. The van der Waals surface area contributed by atoms with Crippen LogP contribution in [-0.4, -0.2) is 56.6 Å². The first-order valence-electron chi connectivity index (χ1n) is 7.81. The van der Waals surface area contributed by atoms with Crippen molar-refractivity contribution in [3.8, 4) is 0 Å². The van der Waals surface area contributed by atoms with Gasteiger partial charge in [-0.25, -0.2) is 13.1 Å². The molecule has 1 saturated heterocycles. The third kappa shape index (κ3) is 5.92. The van der Waals surface area contributed by atoms with Crippen LogP contribution in [0.2, 0.25) is 0 Å². The Morgan fingerprint density at radius 1 is 1.36 bits per heavy atom. The van der Waals surface area contributed by atoms with Gasteiger partial charge in [0.05, 0.1) is 11.7 Å². The lowest BCUT2D eigenvalue weighted by atomic mass is 10.1. The fourth-order valence-corrected chi connectivity index (χ4v) is 3.58. The van der Waals surface area contributed by atoms with Crippen molar-refractivity contribution in [3.05, 3.63) is 0 Å². The van der Waals surface area contributed by atoms with E-state index in [-0.39, 0.29) is 49.0 Å². The number of carbonyl (C=O) groups is 2. The molecule has 0 aromatic rings. The monoisotopic (exact) mass is 333 g/mol. The Morgan fingerprint density at radius 3 is 2.59 bits per heavy atom. The lowest BCUT2D eigenvalue weighted by molar-refractivity contribution is -0.129. The van der Waals surface area contributed by atoms with Crippen LogP contribution in [-0.2, 0) is 19.6 Å². The SMILES string of the molecule is CCCCS(=O)(=O)NCCNC(=O)C1CC(=O)N(C(C)C)C1. The summed E-state index contributed by atoms with van der Waals surface area (Å²) in [6.07, 6.45) is 1.67. The highest BCUT2D eigenvalue weighted by Gasteiger charge is 2.35. The Morgan fingerprint density at radius 2 is 2.05 bits per heavy atom. The van der Waals surface area contributed by atoms with Crippen molar-refractivity contribution in [1.82, 2.24) is 14.9 Å². The topological polar surface area (TPSA) is 95.6 Å². The first kappa shape index (κ1) is 18.9. The van der Waals surface area contributed by atoms with E-state index in [4.69, 9.17) is 0 Å². The molecular formula is C14H27N3O4S. The van der Waals surface area contributed by atoms with Gasteiger partial charge in [0.2, 0.25) is 21.8 Å². The number of carbonyl (C=O) groups excluding carboxylic acids is 2. The lowest BCUT2D eigenvalue weighted by Gasteiger charge is -2.20. The molecule has 0 saturated carbocycles. The highest BCUT2D eigenvalue weighted by molar-refractivity contribution is 7.89. The van der Waals surface area contributed by atoms with Crippen molar-refractivity contribution >= 4 is 21.8 Å². The number of sulfonamides is 1. The van der Waals surface area contributed by atoms with E-state index < -0.39 is 10.0 Å². The van der Waals surface area contributed by atoms with Crippen LogP contribution in [0.25, 0.3) is 0 Å². The largest absolute Gasteiger partial charge is 0.354 e. The standard InChI is InChI=1S/C14H27N3O4S/c1-4-5-8-22(20,21)16-7-6-15-14(19)12-9-13(18)17(10-12)11(2)3/h11-12,16H,4-10H2,1-3H3,(H,15,19). The van der Waals surface area contributed by atoms with Crippen molar-refractivity contribution in [2.45, 2.75) is 46.1 Å². The number of nitrogens with zero attached hydrogens (tertiary/aromatic N) is 1. The minimum absolute atomic E-state index is 0.00424. The second-order valence-corrected chi connectivity index (χ2v) is 7.83. The van der Waals surface area contributed by atoms with Crippen LogP contribution in [0.1, 0.15) is 40.0 Å². The zero-order chi connectivity index (χ0) is 16.8. The second-order valence-electron chi connectivity index (χ2n) is 5.90. The molecule has 0 bridgehead atoms. The summed E-state index contributed by atoms with van der Waals surface area (Å²) in [6, 6.07) is 0.0932. The molecule has 0 aliphatic carbocycles. The molecule has 2 amide bonds. The number of hydrogen-bond donors (Lipinski definition) is 2. The van der Waals surface area contributed by atoms with Gasteiger partial charge in [-0.15, -0.1) is 0 Å². The molecule has 0 aromatic heterocycles. The van der Waals surface area contributed by atoms with Crippen LogP contribution in [0.5, 0.6) is 0 Å². The van der Waals surface area contributed by atoms with Crippen LogP contribution >= 0.6 is 0 Å². The Kier molecular flexibility index (Phi) is 7.28. The smallest absolute Gasteiger partial charge is 0.225 e. The third-order valence-electron chi connectivity index (χ3n) is 3.67. The molecule has 1 atom stereocenters. The zero-order valence-electron chi connectivity index (χ0n) is 13.6. The van der Waals surface area contributed by atoms with Gasteiger partial charge >= 0.3 is 0 Å². The normalized spacial score (nSPS) is 19.0. The van der Waals surface area contributed by atoms with Crippen LogP contribution in [0, 0.1) is 5.92 Å². The molecule has 128 valence electrons. The van der Waals surface area contributed by atoms with Gasteiger partial charge in [0.15, 0.2) is 0 Å². The lowest BCUT2D eigenvalue weighted by Crippen LogP contribution is -2.39. The fraction of sp³-hybridized carbons (Fsp3) is 0.857. The fourth-order valence-electron chi connectivity index (χ4n) is 2.35. The van der Waals surface area contributed by atoms with E-state index in [1.54, 1.807) is 4.90 Å². The molecule has 1 fully saturated rings. The van der Waals surface area contributed by atoms with Gasteiger partial charge in [-0.2, -0.15) is 0 Å². The third-order valence-corrected chi connectivity index (χ3v) is 5.14. The van der Waals surface area contributed by atoms with Gasteiger partial charge in [0, 0.05) is 32.1 Å². The van der Waals surface area contributed by atoms with Crippen LogP contribution < -0.4 is 10.0 Å². The van der Waals surface area contributed by atoms with E-state index in [0.717, 1.165) is 6.42 Å². The van der Waals surface area contributed by atoms with Gasteiger partial charge in [0.1, 0.15) is 0 Å². The predicted molar refractivity (Wildman–Crippen MR) is 84.7 cm³/mol. The highest BCUT2D eigenvalue weighted by Crippen LogP contribution is 2.19. The van der Waals surface area contributed by atoms with Crippen LogP contribution in [0.15, 0.2) is 0 Å². The van der Waals surface area contributed by atoms with E-state index in [9.17, 15) is 18.0 Å². The summed E-state index contributed by atoms with van der Waals surface area (Å²) in [6.45, 7) is 6.61. The summed E-state index contributed by atoms with van der Waals surface area (Å²) in [5, 5.41) is 2.69.